The van der Waals surface area contributed by atoms with E-state index in [1.165, 1.54) is 7.11 Å². The zero-order valence-electron chi connectivity index (χ0n) is 12.0. The molecule has 0 saturated carbocycles. The van der Waals surface area contributed by atoms with Gasteiger partial charge in [0.25, 0.3) is 5.91 Å². The number of hydrogen-bond acceptors (Lipinski definition) is 3. The van der Waals surface area contributed by atoms with Crippen LogP contribution in [0, 0.1) is 0 Å². The Morgan fingerprint density at radius 1 is 1.33 bits per heavy atom. The van der Waals surface area contributed by atoms with Crippen LogP contribution in [0.4, 0.5) is 0 Å². The lowest BCUT2D eigenvalue weighted by atomic mass is 10.2. The second kappa shape index (κ2) is 7.45. The highest BCUT2D eigenvalue weighted by Crippen LogP contribution is 2.23. The normalized spacial score (nSPS) is 14.1. The highest BCUT2D eigenvalue weighted by molar-refractivity contribution is 9.10. The third-order valence-electron chi connectivity index (χ3n) is 3.49. The molecule has 1 heterocycles. The molecule has 0 atom stereocenters. The van der Waals surface area contributed by atoms with Crippen LogP contribution in [-0.4, -0.2) is 43.5 Å². The first-order valence-corrected chi connectivity index (χ1v) is 7.80. The van der Waals surface area contributed by atoms with Crippen LogP contribution in [0.2, 0.25) is 0 Å². The maximum Gasteiger partial charge on any atom is 0.255 e. The monoisotopic (exact) mass is 354 g/mol. The molecule has 114 valence electrons. The van der Waals surface area contributed by atoms with Crippen molar-refractivity contribution in [3.63, 3.8) is 0 Å². The molecule has 1 N–H and O–H groups in total. The first kappa shape index (κ1) is 15.8. The van der Waals surface area contributed by atoms with Gasteiger partial charge in [0.15, 0.2) is 0 Å². The third-order valence-corrected chi connectivity index (χ3v) is 3.98. The topological polar surface area (TPSA) is 58.6 Å². The van der Waals surface area contributed by atoms with Gasteiger partial charge in [0, 0.05) is 30.5 Å². The van der Waals surface area contributed by atoms with Gasteiger partial charge < -0.3 is 15.0 Å². The summed E-state index contributed by atoms with van der Waals surface area (Å²) in [6.45, 7) is 2.02. The summed E-state index contributed by atoms with van der Waals surface area (Å²) in [5.41, 5.74) is 0.467. The molecule has 1 saturated heterocycles. The summed E-state index contributed by atoms with van der Waals surface area (Å²) in [5, 5.41) is 2.77. The van der Waals surface area contributed by atoms with Gasteiger partial charge in [0.1, 0.15) is 5.75 Å². The molecule has 1 aliphatic heterocycles. The molecule has 1 fully saturated rings. The Morgan fingerprint density at radius 2 is 2.05 bits per heavy atom. The van der Waals surface area contributed by atoms with Gasteiger partial charge in [0.2, 0.25) is 5.91 Å². The van der Waals surface area contributed by atoms with Gasteiger partial charge in [-0.3, -0.25) is 9.59 Å². The van der Waals surface area contributed by atoms with Gasteiger partial charge in [-0.1, -0.05) is 15.9 Å². The first-order valence-electron chi connectivity index (χ1n) is 7.01. The van der Waals surface area contributed by atoms with Crippen molar-refractivity contribution in [1.29, 1.82) is 0 Å². The van der Waals surface area contributed by atoms with E-state index in [2.05, 4.69) is 21.2 Å². The number of methoxy groups -OCH3 is 1. The van der Waals surface area contributed by atoms with Gasteiger partial charge in [-0.05, 0) is 31.0 Å². The number of halogens is 1. The molecule has 1 aliphatic rings. The maximum atomic E-state index is 12.1. The van der Waals surface area contributed by atoms with Crippen molar-refractivity contribution in [3.05, 3.63) is 28.2 Å². The number of rotatable bonds is 5. The summed E-state index contributed by atoms with van der Waals surface area (Å²) < 4.78 is 6.04. The smallest absolute Gasteiger partial charge is 0.255 e. The lowest BCUT2D eigenvalue weighted by Crippen LogP contribution is -2.32. The van der Waals surface area contributed by atoms with Gasteiger partial charge in [-0.25, -0.2) is 0 Å². The number of benzene rings is 1. The summed E-state index contributed by atoms with van der Waals surface area (Å²) in [6.07, 6.45) is 2.49. The highest BCUT2D eigenvalue weighted by atomic mass is 79.9. The Bertz CT molecular complexity index is 528. The molecular formula is C15H19BrN2O3. The fraction of sp³-hybridized carbons (Fsp3) is 0.467. The van der Waals surface area contributed by atoms with Crippen LogP contribution in [0.3, 0.4) is 0 Å². The molecule has 1 aromatic carbocycles. The highest BCUT2D eigenvalue weighted by Gasteiger charge is 2.18. The number of amides is 2. The van der Waals surface area contributed by atoms with Crippen molar-refractivity contribution in [2.24, 2.45) is 0 Å². The molecule has 0 radical (unpaired) electrons. The Hall–Kier alpha value is -1.56. The van der Waals surface area contributed by atoms with Crippen molar-refractivity contribution < 1.29 is 14.3 Å². The summed E-state index contributed by atoms with van der Waals surface area (Å²) in [7, 11) is 1.52. The Morgan fingerprint density at radius 3 is 2.71 bits per heavy atom. The zero-order valence-corrected chi connectivity index (χ0v) is 13.6. The summed E-state index contributed by atoms with van der Waals surface area (Å²) in [4.78, 5) is 25.8. The SMILES string of the molecule is COc1cc(Br)ccc1C(=O)NCCC(=O)N1CCCC1. The number of likely N-dealkylation sites (tertiary alicyclic amines) is 1. The van der Waals surface area contributed by atoms with Crippen LogP contribution in [0.5, 0.6) is 5.75 Å². The van der Waals surface area contributed by atoms with Gasteiger partial charge in [-0.15, -0.1) is 0 Å². The van der Waals surface area contributed by atoms with Crippen molar-refractivity contribution >= 4 is 27.7 Å². The molecule has 6 heteroatoms. The second-order valence-electron chi connectivity index (χ2n) is 4.94. The van der Waals surface area contributed by atoms with E-state index in [1.54, 1.807) is 18.2 Å². The van der Waals surface area contributed by atoms with Crippen LogP contribution < -0.4 is 10.1 Å². The molecule has 0 aromatic heterocycles. The summed E-state index contributed by atoms with van der Waals surface area (Å²) in [6, 6.07) is 5.22. The predicted molar refractivity (Wildman–Crippen MR) is 83.5 cm³/mol. The second-order valence-corrected chi connectivity index (χ2v) is 5.85. The van der Waals surface area contributed by atoms with E-state index in [9.17, 15) is 9.59 Å². The van der Waals surface area contributed by atoms with Gasteiger partial charge in [-0.2, -0.15) is 0 Å². The molecule has 2 rings (SSSR count). The standard InChI is InChI=1S/C15H19BrN2O3/c1-21-13-10-11(16)4-5-12(13)15(20)17-7-6-14(19)18-8-2-3-9-18/h4-5,10H,2-3,6-9H2,1H3,(H,17,20). The Labute approximate surface area is 132 Å². The van der Waals surface area contributed by atoms with E-state index >= 15 is 0 Å². The largest absolute Gasteiger partial charge is 0.496 e. The van der Waals surface area contributed by atoms with E-state index in [4.69, 9.17) is 4.74 Å². The number of carbonyl (C=O) groups excluding carboxylic acids is 2. The first-order chi connectivity index (χ1) is 10.1. The van der Waals surface area contributed by atoms with E-state index in [0.29, 0.717) is 24.3 Å². The Balaban J connectivity index is 1.85. The fourth-order valence-corrected chi connectivity index (χ4v) is 2.70. The average molecular weight is 355 g/mol. The molecule has 0 aliphatic carbocycles. The van der Waals surface area contributed by atoms with Gasteiger partial charge in [0.05, 0.1) is 12.7 Å². The number of nitrogens with one attached hydrogen (secondary N) is 1. The van der Waals surface area contributed by atoms with Crippen molar-refractivity contribution in [2.45, 2.75) is 19.3 Å². The minimum atomic E-state index is -0.228. The maximum absolute atomic E-state index is 12.1. The molecule has 5 nitrogen and oxygen atoms in total. The summed E-state index contributed by atoms with van der Waals surface area (Å²) >= 11 is 3.33. The summed E-state index contributed by atoms with van der Waals surface area (Å²) in [5.74, 6) is 0.386. The fourth-order valence-electron chi connectivity index (χ4n) is 2.36. The van der Waals surface area contributed by atoms with Crippen molar-refractivity contribution in [2.75, 3.05) is 26.7 Å². The molecule has 21 heavy (non-hydrogen) atoms. The molecular weight excluding hydrogens is 336 g/mol. The van der Waals surface area contributed by atoms with Crippen LogP contribution in [-0.2, 0) is 4.79 Å². The zero-order chi connectivity index (χ0) is 15.2. The minimum Gasteiger partial charge on any atom is -0.496 e. The Kier molecular flexibility index (Phi) is 5.61. The lowest BCUT2D eigenvalue weighted by molar-refractivity contribution is -0.129. The van der Waals surface area contributed by atoms with Crippen LogP contribution in [0.25, 0.3) is 0 Å². The number of nitrogens with zero attached hydrogens (tertiary/aromatic N) is 1. The van der Waals surface area contributed by atoms with Crippen LogP contribution in [0.1, 0.15) is 29.6 Å². The van der Waals surface area contributed by atoms with Crippen molar-refractivity contribution in [1.82, 2.24) is 10.2 Å². The van der Waals surface area contributed by atoms with Crippen LogP contribution in [0.15, 0.2) is 22.7 Å². The molecule has 2 amide bonds. The molecule has 0 bridgehead atoms. The van der Waals surface area contributed by atoms with E-state index in [1.807, 2.05) is 4.90 Å². The van der Waals surface area contributed by atoms with Crippen molar-refractivity contribution in [3.8, 4) is 5.75 Å². The number of ether oxygens (including phenoxy) is 1. The number of hydrogen-bond donors (Lipinski definition) is 1. The number of carbonyl (C=O) groups is 2. The van der Waals surface area contributed by atoms with Gasteiger partial charge >= 0.3 is 0 Å². The molecule has 0 spiro atoms. The predicted octanol–water partition coefficient (Wildman–Crippen LogP) is 2.20. The lowest BCUT2D eigenvalue weighted by Gasteiger charge is -2.15. The van der Waals surface area contributed by atoms with Crippen LogP contribution >= 0.6 is 15.9 Å². The van der Waals surface area contributed by atoms with E-state index in [0.717, 1.165) is 30.4 Å². The van der Waals surface area contributed by atoms with E-state index < -0.39 is 0 Å². The average Bonchev–Trinajstić information content (AvgIpc) is 3.01. The molecule has 1 aromatic rings. The third kappa shape index (κ3) is 4.20. The van der Waals surface area contributed by atoms with E-state index in [-0.39, 0.29) is 11.8 Å². The minimum absolute atomic E-state index is 0.107. The quantitative estimate of drug-likeness (QED) is 0.881. The molecule has 0 unspecified atom stereocenters.